The van der Waals surface area contributed by atoms with Gasteiger partial charge in [-0.15, -0.1) is 0 Å². The van der Waals surface area contributed by atoms with Gasteiger partial charge in [0, 0.05) is 43.6 Å². The predicted octanol–water partition coefficient (Wildman–Crippen LogP) is 4.07. The molecule has 0 bridgehead atoms. The lowest BCUT2D eigenvalue weighted by Crippen LogP contribution is -2.50. The smallest absolute Gasteiger partial charge is 0.416 e. The molecule has 2 aromatic carbocycles. The Morgan fingerprint density at radius 1 is 1.04 bits per heavy atom. The van der Waals surface area contributed by atoms with Gasteiger partial charge in [0.2, 0.25) is 0 Å². The van der Waals surface area contributed by atoms with Gasteiger partial charge < -0.3 is 19.9 Å². The zero-order chi connectivity index (χ0) is 19.4. The summed E-state index contributed by atoms with van der Waals surface area (Å²) in [4.78, 5) is 16.1. The molecule has 27 heavy (non-hydrogen) atoms. The molecule has 0 spiro atoms. The molecule has 8 heteroatoms. The van der Waals surface area contributed by atoms with Crippen molar-refractivity contribution < 1.29 is 22.7 Å². The number of hydrogen-bond donors (Lipinski definition) is 1. The number of urea groups is 1. The molecule has 1 heterocycles. The Kier molecular flexibility index (Phi) is 5.43. The van der Waals surface area contributed by atoms with Gasteiger partial charge in [0.1, 0.15) is 5.75 Å². The van der Waals surface area contributed by atoms with E-state index in [1.807, 2.05) is 24.3 Å². The zero-order valence-corrected chi connectivity index (χ0v) is 14.8. The fourth-order valence-corrected chi connectivity index (χ4v) is 2.95. The average molecular weight is 379 g/mol. The van der Waals surface area contributed by atoms with E-state index in [0.717, 1.165) is 23.6 Å². The van der Waals surface area contributed by atoms with Crippen LogP contribution in [0.2, 0.25) is 0 Å². The van der Waals surface area contributed by atoms with Crippen molar-refractivity contribution in [2.75, 3.05) is 43.5 Å². The molecule has 0 aliphatic carbocycles. The quantitative estimate of drug-likeness (QED) is 0.875. The number of nitrogens with zero attached hydrogens (tertiary/aromatic N) is 2. The minimum absolute atomic E-state index is 0.130. The number of benzene rings is 2. The molecule has 0 saturated carbocycles. The summed E-state index contributed by atoms with van der Waals surface area (Å²) in [5, 5.41) is 2.55. The third kappa shape index (κ3) is 4.64. The van der Waals surface area contributed by atoms with Crippen molar-refractivity contribution >= 4 is 17.4 Å². The van der Waals surface area contributed by atoms with E-state index < -0.39 is 17.8 Å². The summed E-state index contributed by atoms with van der Waals surface area (Å²) in [6.45, 7) is 2.20. The van der Waals surface area contributed by atoms with Crippen molar-refractivity contribution in [3.05, 3.63) is 54.1 Å². The summed E-state index contributed by atoms with van der Waals surface area (Å²) in [5.74, 6) is 0.761. The lowest BCUT2D eigenvalue weighted by atomic mass is 10.2. The number of halogens is 3. The molecule has 1 aliphatic heterocycles. The van der Waals surface area contributed by atoms with Crippen molar-refractivity contribution in [2.24, 2.45) is 0 Å². The van der Waals surface area contributed by atoms with E-state index in [-0.39, 0.29) is 5.69 Å². The number of ether oxygens (including phenoxy) is 1. The van der Waals surface area contributed by atoms with Gasteiger partial charge >= 0.3 is 12.2 Å². The number of methoxy groups -OCH3 is 1. The highest BCUT2D eigenvalue weighted by Crippen LogP contribution is 2.30. The molecule has 1 fully saturated rings. The number of piperazine rings is 1. The fraction of sp³-hybridized carbons (Fsp3) is 0.316. The maximum Gasteiger partial charge on any atom is 0.416 e. The Labute approximate surface area is 155 Å². The van der Waals surface area contributed by atoms with Gasteiger partial charge in [-0.1, -0.05) is 12.1 Å². The first-order chi connectivity index (χ1) is 12.9. The van der Waals surface area contributed by atoms with Crippen LogP contribution in [-0.2, 0) is 6.18 Å². The SMILES string of the molecule is COc1cccc(N2CCN(C(=O)Nc3cccc(C(F)(F)F)c3)CC2)c1. The van der Waals surface area contributed by atoms with E-state index in [0.29, 0.717) is 26.2 Å². The second kappa shape index (κ2) is 7.77. The number of anilines is 2. The van der Waals surface area contributed by atoms with Crippen LogP contribution in [0.3, 0.4) is 0 Å². The molecule has 3 rings (SSSR count). The largest absolute Gasteiger partial charge is 0.497 e. The van der Waals surface area contributed by atoms with Crippen molar-refractivity contribution in [2.45, 2.75) is 6.18 Å². The molecular weight excluding hydrogens is 359 g/mol. The highest BCUT2D eigenvalue weighted by molar-refractivity contribution is 5.89. The number of rotatable bonds is 3. The molecule has 144 valence electrons. The van der Waals surface area contributed by atoms with Crippen LogP contribution in [0.5, 0.6) is 5.75 Å². The van der Waals surface area contributed by atoms with Crippen molar-refractivity contribution in [1.29, 1.82) is 0 Å². The van der Waals surface area contributed by atoms with Crippen LogP contribution in [0.15, 0.2) is 48.5 Å². The van der Waals surface area contributed by atoms with Crippen LogP contribution in [0.25, 0.3) is 0 Å². The van der Waals surface area contributed by atoms with Crippen LogP contribution in [0.1, 0.15) is 5.56 Å². The normalized spacial score (nSPS) is 14.8. The summed E-state index contributed by atoms with van der Waals surface area (Å²) in [5.41, 5.74) is 0.348. The monoisotopic (exact) mass is 379 g/mol. The topological polar surface area (TPSA) is 44.8 Å². The van der Waals surface area contributed by atoms with Crippen molar-refractivity contribution in [3.63, 3.8) is 0 Å². The predicted molar refractivity (Wildman–Crippen MR) is 97.2 cm³/mol. The third-order valence-electron chi connectivity index (χ3n) is 4.43. The van der Waals surface area contributed by atoms with E-state index >= 15 is 0 Å². The Hall–Kier alpha value is -2.90. The first kappa shape index (κ1) is 18.9. The third-order valence-corrected chi connectivity index (χ3v) is 4.43. The molecule has 2 amide bonds. The van der Waals surface area contributed by atoms with Crippen molar-refractivity contribution in [3.8, 4) is 5.75 Å². The lowest BCUT2D eigenvalue weighted by Gasteiger charge is -2.36. The Morgan fingerprint density at radius 3 is 2.41 bits per heavy atom. The molecule has 2 aromatic rings. The van der Waals surface area contributed by atoms with Crippen LogP contribution in [-0.4, -0.2) is 44.2 Å². The molecule has 0 unspecified atom stereocenters. The Bertz CT molecular complexity index is 803. The van der Waals surface area contributed by atoms with Gasteiger partial charge in [-0.3, -0.25) is 0 Å². The molecular formula is C19H20F3N3O2. The molecule has 5 nitrogen and oxygen atoms in total. The molecule has 0 radical (unpaired) electrons. The summed E-state index contributed by atoms with van der Waals surface area (Å²) < 4.78 is 43.6. The number of amides is 2. The highest BCUT2D eigenvalue weighted by atomic mass is 19.4. The number of nitrogens with one attached hydrogen (secondary N) is 1. The number of alkyl halides is 3. The fourth-order valence-electron chi connectivity index (χ4n) is 2.95. The van der Waals surface area contributed by atoms with E-state index in [9.17, 15) is 18.0 Å². The summed E-state index contributed by atoms with van der Waals surface area (Å²) in [6.07, 6.45) is -4.44. The van der Waals surface area contributed by atoms with Crippen LogP contribution in [0, 0.1) is 0 Å². The Balaban J connectivity index is 1.59. The highest BCUT2D eigenvalue weighted by Gasteiger charge is 2.30. The number of hydrogen-bond acceptors (Lipinski definition) is 3. The molecule has 0 atom stereocenters. The molecule has 1 saturated heterocycles. The maximum absolute atomic E-state index is 12.8. The van der Waals surface area contributed by atoms with Gasteiger partial charge in [0.15, 0.2) is 0 Å². The van der Waals surface area contributed by atoms with Crippen LogP contribution in [0.4, 0.5) is 29.3 Å². The van der Waals surface area contributed by atoms with E-state index in [4.69, 9.17) is 4.74 Å². The Morgan fingerprint density at radius 2 is 1.74 bits per heavy atom. The molecule has 1 aliphatic rings. The zero-order valence-electron chi connectivity index (χ0n) is 14.8. The minimum atomic E-state index is -4.44. The standard InChI is InChI=1S/C19H20F3N3O2/c1-27-17-7-3-6-16(13-17)24-8-10-25(11-9-24)18(26)23-15-5-2-4-14(12-15)19(20,21)22/h2-7,12-13H,8-11H2,1H3,(H,23,26). The van der Waals surface area contributed by atoms with Gasteiger partial charge in [-0.2, -0.15) is 13.2 Å². The van der Waals surface area contributed by atoms with E-state index in [1.165, 1.54) is 12.1 Å². The minimum Gasteiger partial charge on any atom is -0.497 e. The van der Waals surface area contributed by atoms with Crippen LogP contribution >= 0.6 is 0 Å². The summed E-state index contributed by atoms with van der Waals surface area (Å²) in [7, 11) is 1.61. The average Bonchev–Trinajstić information content (AvgIpc) is 2.67. The van der Waals surface area contributed by atoms with Gasteiger partial charge in [0.25, 0.3) is 0 Å². The van der Waals surface area contributed by atoms with Gasteiger partial charge in [-0.05, 0) is 30.3 Å². The first-order valence-electron chi connectivity index (χ1n) is 8.49. The first-order valence-corrected chi connectivity index (χ1v) is 8.49. The van der Waals surface area contributed by atoms with Gasteiger partial charge in [0.05, 0.1) is 12.7 Å². The number of carbonyl (C=O) groups is 1. The summed E-state index contributed by atoms with van der Waals surface area (Å²) >= 11 is 0. The number of carbonyl (C=O) groups excluding carboxylic acids is 1. The lowest BCUT2D eigenvalue weighted by molar-refractivity contribution is -0.137. The van der Waals surface area contributed by atoms with Crippen LogP contribution < -0.4 is 15.0 Å². The molecule has 0 aromatic heterocycles. The summed E-state index contributed by atoms with van der Waals surface area (Å²) in [6, 6.07) is 11.9. The van der Waals surface area contributed by atoms with Gasteiger partial charge in [-0.25, -0.2) is 4.79 Å². The van der Waals surface area contributed by atoms with Crippen molar-refractivity contribution in [1.82, 2.24) is 4.90 Å². The maximum atomic E-state index is 12.8. The van der Waals surface area contributed by atoms with E-state index in [1.54, 1.807) is 12.0 Å². The second-order valence-electron chi connectivity index (χ2n) is 6.18. The molecule has 1 N–H and O–H groups in total. The van der Waals surface area contributed by atoms with E-state index in [2.05, 4.69) is 10.2 Å². The second-order valence-corrected chi connectivity index (χ2v) is 6.18.